The quantitative estimate of drug-likeness (QED) is 0.706. The van der Waals surface area contributed by atoms with Crippen molar-refractivity contribution in [2.75, 3.05) is 0 Å². The number of aromatic nitrogens is 2. The number of hydrogen-bond acceptors (Lipinski definition) is 5. The highest BCUT2D eigenvalue weighted by Crippen LogP contribution is 2.29. The highest BCUT2D eigenvalue weighted by Gasteiger charge is 2.07. The Bertz CT molecular complexity index is 813. The molecule has 0 amide bonds. The summed E-state index contributed by atoms with van der Waals surface area (Å²) in [6, 6.07) is 9.13. The number of aliphatic imine (C=N–C) groups is 1. The summed E-state index contributed by atoms with van der Waals surface area (Å²) in [5, 5.41) is 9.82. The molecule has 0 aliphatic heterocycles. The smallest absolute Gasteiger partial charge is 0.130 e. The maximum Gasteiger partial charge on any atom is 0.130 e. The summed E-state index contributed by atoms with van der Waals surface area (Å²) in [4.78, 5) is 4.48. The molecule has 3 aromatic rings. The number of phenols is 1. The third-order valence-corrected chi connectivity index (χ3v) is 3.96. The van der Waals surface area contributed by atoms with Crippen molar-refractivity contribution in [1.82, 2.24) is 8.75 Å². The molecule has 6 heteroatoms. The molecule has 20 heavy (non-hydrogen) atoms. The average Bonchev–Trinajstić information content (AvgIpc) is 2.90. The van der Waals surface area contributed by atoms with Crippen molar-refractivity contribution in [2.24, 2.45) is 4.99 Å². The molecule has 0 aliphatic rings. The van der Waals surface area contributed by atoms with Gasteiger partial charge in [0, 0.05) is 16.3 Å². The fourth-order valence-electron chi connectivity index (χ4n) is 1.86. The van der Waals surface area contributed by atoms with Crippen LogP contribution in [0.25, 0.3) is 11.0 Å². The van der Waals surface area contributed by atoms with Gasteiger partial charge in [-0.25, -0.2) is 0 Å². The van der Waals surface area contributed by atoms with Crippen LogP contribution in [0.15, 0.2) is 39.8 Å². The van der Waals surface area contributed by atoms with Crippen LogP contribution in [-0.2, 0) is 0 Å². The van der Waals surface area contributed by atoms with Crippen LogP contribution >= 0.6 is 27.7 Å². The van der Waals surface area contributed by atoms with E-state index in [2.05, 4.69) is 29.7 Å². The Morgan fingerprint density at radius 1 is 1.25 bits per heavy atom. The van der Waals surface area contributed by atoms with Gasteiger partial charge in [-0.2, -0.15) is 8.75 Å². The molecule has 0 atom stereocenters. The lowest BCUT2D eigenvalue weighted by Crippen LogP contribution is -1.84. The molecule has 0 aliphatic carbocycles. The van der Waals surface area contributed by atoms with Gasteiger partial charge in [0.2, 0.25) is 0 Å². The van der Waals surface area contributed by atoms with E-state index < -0.39 is 0 Å². The number of rotatable bonds is 2. The largest absolute Gasteiger partial charge is 0.507 e. The van der Waals surface area contributed by atoms with Gasteiger partial charge in [-0.3, -0.25) is 4.99 Å². The molecular weight excluding hydrogens is 338 g/mol. The second kappa shape index (κ2) is 5.30. The first-order valence-electron chi connectivity index (χ1n) is 5.89. The fraction of sp³-hybridized carbons (Fsp3) is 0.0714. The molecule has 0 unspecified atom stereocenters. The molecule has 0 radical (unpaired) electrons. The van der Waals surface area contributed by atoms with Crippen molar-refractivity contribution >= 4 is 50.6 Å². The van der Waals surface area contributed by atoms with E-state index in [-0.39, 0.29) is 5.75 Å². The van der Waals surface area contributed by atoms with Gasteiger partial charge in [-0.05, 0) is 36.8 Å². The van der Waals surface area contributed by atoms with Crippen molar-refractivity contribution in [3.63, 3.8) is 0 Å². The number of aromatic hydroxyl groups is 1. The van der Waals surface area contributed by atoms with Crippen LogP contribution < -0.4 is 0 Å². The minimum Gasteiger partial charge on any atom is -0.507 e. The van der Waals surface area contributed by atoms with E-state index in [1.165, 1.54) is 11.7 Å². The molecule has 1 heterocycles. The van der Waals surface area contributed by atoms with Crippen molar-refractivity contribution in [3.8, 4) is 5.75 Å². The molecule has 1 N–H and O–H groups in total. The van der Waals surface area contributed by atoms with Crippen LogP contribution in [-0.4, -0.2) is 20.1 Å². The highest BCUT2D eigenvalue weighted by atomic mass is 79.9. The molecule has 1 aromatic heterocycles. The Balaban J connectivity index is 2.08. The molecule has 3 rings (SSSR count). The third kappa shape index (κ3) is 2.44. The minimum absolute atomic E-state index is 0.193. The summed E-state index contributed by atoms with van der Waals surface area (Å²) in [6.45, 7) is 1.98. The number of aryl methyl sites for hydroxylation is 1. The number of hydrogen-bond donors (Lipinski definition) is 1. The zero-order valence-electron chi connectivity index (χ0n) is 10.5. The molecule has 0 spiro atoms. The van der Waals surface area contributed by atoms with Crippen LogP contribution in [0, 0.1) is 6.92 Å². The topological polar surface area (TPSA) is 58.4 Å². The molecule has 0 fully saturated rings. The molecular formula is C14H10BrN3OS. The molecule has 4 nitrogen and oxygen atoms in total. The van der Waals surface area contributed by atoms with Gasteiger partial charge in [-0.15, -0.1) is 0 Å². The number of benzene rings is 2. The standard InChI is InChI=1S/C14H10BrN3OS/c1-8-2-4-11-14(18-20-17-11)13(8)16-7-9-6-10(15)3-5-12(9)19/h2-7,19H,1H3. The molecule has 0 bridgehead atoms. The van der Waals surface area contributed by atoms with E-state index >= 15 is 0 Å². The lowest BCUT2D eigenvalue weighted by molar-refractivity contribution is 0.474. The van der Waals surface area contributed by atoms with Gasteiger partial charge >= 0.3 is 0 Å². The van der Waals surface area contributed by atoms with Gasteiger partial charge in [-0.1, -0.05) is 22.0 Å². The SMILES string of the molecule is Cc1ccc2nsnc2c1N=Cc1cc(Br)ccc1O. The van der Waals surface area contributed by atoms with Crippen LogP contribution in [0.1, 0.15) is 11.1 Å². The van der Waals surface area contributed by atoms with E-state index in [1.807, 2.05) is 25.1 Å². The summed E-state index contributed by atoms with van der Waals surface area (Å²) in [5.41, 5.74) is 4.09. The van der Waals surface area contributed by atoms with Crippen molar-refractivity contribution in [1.29, 1.82) is 0 Å². The Morgan fingerprint density at radius 3 is 2.95 bits per heavy atom. The average molecular weight is 348 g/mol. The van der Waals surface area contributed by atoms with Gasteiger partial charge < -0.3 is 5.11 Å². The van der Waals surface area contributed by atoms with Gasteiger partial charge in [0.15, 0.2) is 0 Å². The first-order chi connectivity index (χ1) is 9.65. The highest BCUT2D eigenvalue weighted by molar-refractivity contribution is 9.10. The van der Waals surface area contributed by atoms with Crippen molar-refractivity contribution < 1.29 is 5.11 Å². The summed E-state index contributed by atoms with van der Waals surface area (Å²) in [7, 11) is 0. The van der Waals surface area contributed by atoms with Crippen molar-refractivity contribution in [2.45, 2.75) is 6.92 Å². The zero-order valence-corrected chi connectivity index (χ0v) is 12.9. The van der Waals surface area contributed by atoms with Gasteiger partial charge in [0.1, 0.15) is 16.8 Å². The first kappa shape index (κ1) is 13.2. The number of nitrogens with zero attached hydrogens (tertiary/aromatic N) is 3. The lowest BCUT2D eigenvalue weighted by atomic mass is 10.1. The van der Waals surface area contributed by atoms with Gasteiger partial charge in [0.25, 0.3) is 0 Å². The predicted octanol–water partition coefficient (Wildman–Crippen LogP) is 4.22. The van der Waals surface area contributed by atoms with E-state index in [1.54, 1.807) is 18.3 Å². The van der Waals surface area contributed by atoms with Crippen molar-refractivity contribution in [3.05, 3.63) is 45.9 Å². The Kier molecular flexibility index (Phi) is 3.50. The van der Waals surface area contributed by atoms with E-state index in [9.17, 15) is 5.11 Å². The van der Waals surface area contributed by atoms with Crippen LogP contribution in [0.5, 0.6) is 5.75 Å². The monoisotopic (exact) mass is 347 g/mol. The maximum absolute atomic E-state index is 9.82. The lowest BCUT2D eigenvalue weighted by Gasteiger charge is -2.02. The number of phenolic OH excluding ortho intramolecular Hbond substituents is 1. The van der Waals surface area contributed by atoms with Crippen LogP contribution in [0.4, 0.5) is 5.69 Å². The Hall–Kier alpha value is -1.79. The number of fused-ring (bicyclic) bond motifs is 1. The first-order valence-corrected chi connectivity index (χ1v) is 7.42. The van der Waals surface area contributed by atoms with Gasteiger partial charge in [0.05, 0.1) is 17.4 Å². The maximum atomic E-state index is 9.82. The summed E-state index contributed by atoms with van der Waals surface area (Å²) in [6.07, 6.45) is 1.64. The molecule has 2 aromatic carbocycles. The fourth-order valence-corrected chi connectivity index (χ4v) is 2.78. The normalized spacial score (nSPS) is 11.5. The second-order valence-corrected chi connectivity index (χ2v) is 5.77. The Labute approximate surface area is 128 Å². The summed E-state index contributed by atoms with van der Waals surface area (Å²) >= 11 is 4.55. The summed E-state index contributed by atoms with van der Waals surface area (Å²) < 4.78 is 9.37. The predicted molar refractivity (Wildman–Crippen MR) is 85.2 cm³/mol. The van der Waals surface area contributed by atoms with E-state index in [4.69, 9.17) is 0 Å². The zero-order chi connectivity index (χ0) is 14.1. The molecule has 0 saturated heterocycles. The summed E-state index contributed by atoms with van der Waals surface area (Å²) in [5.74, 6) is 0.193. The second-order valence-electron chi connectivity index (χ2n) is 4.32. The minimum atomic E-state index is 0.193. The van der Waals surface area contributed by atoms with Crippen LogP contribution in [0.3, 0.4) is 0 Å². The Morgan fingerprint density at radius 2 is 2.10 bits per heavy atom. The third-order valence-electron chi connectivity index (χ3n) is 2.93. The van der Waals surface area contributed by atoms with Crippen LogP contribution in [0.2, 0.25) is 0 Å². The van der Waals surface area contributed by atoms with E-state index in [0.29, 0.717) is 5.56 Å². The number of halogens is 1. The molecule has 100 valence electrons. The molecule has 0 saturated carbocycles. The van der Waals surface area contributed by atoms with E-state index in [0.717, 1.165) is 26.8 Å².